The molecule has 0 aliphatic heterocycles. The van der Waals surface area contributed by atoms with Crippen LogP contribution >= 0.6 is 0 Å². The number of ether oxygens (including phenoxy) is 1. The lowest BCUT2D eigenvalue weighted by Gasteiger charge is -2.31. The third kappa shape index (κ3) is 2.12. The SMILES string of the molecule is COC1CCC(C(O)C2CC2C)CC1. The summed E-state index contributed by atoms with van der Waals surface area (Å²) in [4.78, 5) is 0. The Morgan fingerprint density at radius 2 is 1.79 bits per heavy atom. The largest absolute Gasteiger partial charge is 0.393 e. The lowest BCUT2D eigenvalue weighted by Crippen LogP contribution is -2.30. The fraction of sp³-hybridized carbons (Fsp3) is 1.00. The highest BCUT2D eigenvalue weighted by Crippen LogP contribution is 2.45. The monoisotopic (exact) mass is 198 g/mol. The van der Waals surface area contributed by atoms with Gasteiger partial charge in [0.25, 0.3) is 0 Å². The Labute approximate surface area is 86.6 Å². The molecule has 2 aliphatic carbocycles. The molecule has 2 heteroatoms. The quantitative estimate of drug-likeness (QED) is 0.753. The van der Waals surface area contributed by atoms with Gasteiger partial charge in [-0.15, -0.1) is 0 Å². The van der Waals surface area contributed by atoms with Crippen LogP contribution in [0.4, 0.5) is 0 Å². The minimum absolute atomic E-state index is 0.0252. The van der Waals surface area contributed by atoms with Crippen molar-refractivity contribution in [1.29, 1.82) is 0 Å². The van der Waals surface area contributed by atoms with Gasteiger partial charge in [-0.1, -0.05) is 6.92 Å². The molecule has 0 bridgehead atoms. The van der Waals surface area contributed by atoms with Gasteiger partial charge in [0.15, 0.2) is 0 Å². The first-order valence-electron chi connectivity index (χ1n) is 5.93. The highest BCUT2D eigenvalue weighted by molar-refractivity contribution is 4.92. The molecule has 0 aromatic carbocycles. The van der Waals surface area contributed by atoms with Crippen LogP contribution in [0.5, 0.6) is 0 Å². The summed E-state index contributed by atoms with van der Waals surface area (Å²) in [5, 5.41) is 10.1. The Morgan fingerprint density at radius 1 is 1.21 bits per heavy atom. The molecule has 2 aliphatic rings. The molecule has 14 heavy (non-hydrogen) atoms. The van der Waals surface area contributed by atoms with E-state index in [4.69, 9.17) is 4.74 Å². The molecule has 0 radical (unpaired) electrons. The van der Waals surface area contributed by atoms with Gasteiger partial charge in [0.2, 0.25) is 0 Å². The molecule has 0 amide bonds. The third-order valence-electron chi connectivity index (χ3n) is 4.15. The molecule has 3 atom stereocenters. The van der Waals surface area contributed by atoms with Crippen molar-refractivity contribution in [2.24, 2.45) is 17.8 Å². The predicted octanol–water partition coefficient (Wildman–Crippen LogP) is 2.21. The molecule has 2 saturated carbocycles. The van der Waals surface area contributed by atoms with Gasteiger partial charge >= 0.3 is 0 Å². The van der Waals surface area contributed by atoms with Crippen molar-refractivity contribution < 1.29 is 9.84 Å². The first-order chi connectivity index (χ1) is 6.72. The van der Waals surface area contributed by atoms with Gasteiger partial charge < -0.3 is 9.84 Å². The average Bonchev–Trinajstić information content (AvgIpc) is 2.95. The molecule has 2 fully saturated rings. The Bertz CT molecular complexity index is 185. The van der Waals surface area contributed by atoms with E-state index in [9.17, 15) is 5.11 Å². The highest BCUT2D eigenvalue weighted by Gasteiger charge is 2.42. The minimum atomic E-state index is -0.0252. The maximum absolute atomic E-state index is 10.1. The Kier molecular flexibility index (Phi) is 3.13. The van der Waals surface area contributed by atoms with Crippen molar-refractivity contribution >= 4 is 0 Å². The smallest absolute Gasteiger partial charge is 0.0599 e. The van der Waals surface area contributed by atoms with Crippen LogP contribution in [0.1, 0.15) is 39.0 Å². The van der Waals surface area contributed by atoms with Gasteiger partial charge in [-0.25, -0.2) is 0 Å². The summed E-state index contributed by atoms with van der Waals surface area (Å²) in [6.07, 6.45) is 6.26. The van der Waals surface area contributed by atoms with Crippen molar-refractivity contribution in [2.45, 2.75) is 51.2 Å². The third-order valence-corrected chi connectivity index (χ3v) is 4.15. The number of aliphatic hydroxyl groups excluding tert-OH is 1. The first-order valence-corrected chi connectivity index (χ1v) is 5.93. The van der Waals surface area contributed by atoms with Gasteiger partial charge in [0, 0.05) is 7.11 Å². The molecular formula is C12H22O2. The van der Waals surface area contributed by atoms with Gasteiger partial charge in [0.05, 0.1) is 12.2 Å². The Balaban J connectivity index is 1.77. The normalized spacial score (nSPS) is 44.8. The summed E-state index contributed by atoms with van der Waals surface area (Å²) in [6.45, 7) is 2.24. The van der Waals surface area contributed by atoms with E-state index in [0.29, 0.717) is 17.9 Å². The molecule has 1 N–H and O–H groups in total. The van der Waals surface area contributed by atoms with Crippen molar-refractivity contribution in [3.63, 3.8) is 0 Å². The predicted molar refractivity (Wildman–Crippen MR) is 56.0 cm³/mol. The number of rotatable bonds is 3. The summed E-state index contributed by atoms with van der Waals surface area (Å²) in [6, 6.07) is 0. The summed E-state index contributed by atoms with van der Waals surface area (Å²) < 4.78 is 5.33. The van der Waals surface area contributed by atoms with Crippen molar-refractivity contribution in [3.8, 4) is 0 Å². The van der Waals surface area contributed by atoms with E-state index in [2.05, 4.69) is 6.92 Å². The summed E-state index contributed by atoms with van der Waals surface area (Å²) in [5.41, 5.74) is 0. The summed E-state index contributed by atoms with van der Waals surface area (Å²) in [7, 11) is 1.80. The van der Waals surface area contributed by atoms with Crippen molar-refractivity contribution in [2.75, 3.05) is 7.11 Å². The van der Waals surface area contributed by atoms with Gasteiger partial charge in [-0.2, -0.15) is 0 Å². The molecule has 0 heterocycles. The summed E-state index contributed by atoms with van der Waals surface area (Å²) in [5.74, 6) is 1.93. The van der Waals surface area contributed by atoms with Crippen LogP contribution in [0.2, 0.25) is 0 Å². The van der Waals surface area contributed by atoms with E-state index in [1.54, 1.807) is 7.11 Å². The molecule has 0 saturated heterocycles. The maximum atomic E-state index is 10.1. The zero-order chi connectivity index (χ0) is 10.1. The lowest BCUT2D eigenvalue weighted by atomic mass is 9.82. The van der Waals surface area contributed by atoms with Gasteiger partial charge in [0.1, 0.15) is 0 Å². The van der Waals surface area contributed by atoms with Gasteiger partial charge in [-0.05, 0) is 49.9 Å². The molecule has 0 spiro atoms. The molecule has 3 unspecified atom stereocenters. The second-order valence-corrected chi connectivity index (χ2v) is 5.14. The number of hydrogen-bond donors (Lipinski definition) is 1. The first kappa shape index (κ1) is 10.4. The zero-order valence-electron chi connectivity index (χ0n) is 9.28. The zero-order valence-corrected chi connectivity index (χ0v) is 9.28. The van der Waals surface area contributed by atoms with Crippen molar-refractivity contribution in [3.05, 3.63) is 0 Å². The standard InChI is InChI=1S/C12H22O2/c1-8-7-11(8)12(13)9-3-5-10(14-2)6-4-9/h8-13H,3-7H2,1-2H3. The van der Waals surface area contributed by atoms with E-state index in [-0.39, 0.29) is 6.10 Å². The van der Waals surface area contributed by atoms with E-state index < -0.39 is 0 Å². The molecule has 2 rings (SSSR count). The van der Waals surface area contributed by atoms with E-state index >= 15 is 0 Å². The van der Waals surface area contributed by atoms with E-state index in [1.807, 2.05) is 0 Å². The van der Waals surface area contributed by atoms with Crippen LogP contribution in [0, 0.1) is 17.8 Å². The van der Waals surface area contributed by atoms with Crippen LogP contribution in [0.15, 0.2) is 0 Å². The second kappa shape index (κ2) is 4.19. The minimum Gasteiger partial charge on any atom is -0.393 e. The van der Waals surface area contributed by atoms with Crippen LogP contribution in [0.25, 0.3) is 0 Å². The number of methoxy groups -OCH3 is 1. The second-order valence-electron chi connectivity index (χ2n) is 5.14. The topological polar surface area (TPSA) is 29.5 Å². The van der Waals surface area contributed by atoms with E-state index in [1.165, 1.54) is 6.42 Å². The van der Waals surface area contributed by atoms with Gasteiger partial charge in [-0.3, -0.25) is 0 Å². The van der Waals surface area contributed by atoms with Crippen LogP contribution in [0.3, 0.4) is 0 Å². The maximum Gasteiger partial charge on any atom is 0.0599 e. The van der Waals surface area contributed by atoms with E-state index in [0.717, 1.165) is 31.6 Å². The Morgan fingerprint density at radius 3 is 2.21 bits per heavy atom. The number of hydrogen-bond acceptors (Lipinski definition) is 2. The molecule has 82 valence electrons. The van der Waals surface area contributed by atoms with Crippen LogP contribution in [-0.4, -0.2) is 24.4 Å². The number of aliphatic hydroxyl groups is 1. The molecule has 0 aromatic rings. The Hall–Kier alpha value is -0.0800. The van der Waals surface area contributed by atoms with Crippen LogP contribution in [-0.2, 0) is 4.74 Å². The molecule has 2 nitrogen and oxygen atoms in total. The van der Waals surface area contributed by atoms with Crippen molar-refractivity contribution in [1.82, 2.24) is 0 Å². The fourth-order valence-electron chi connectivity index (χ4n) is 2.84. The fourth-order valence-corrected chi connectivity index (χ4v) is 2.84. The summed E-state index contributed by atoms with van der Waals surface area (Å²) >= 11 is 0. The molecular weight excluding hydrogens is 176 g/mol. The van der Waals surface area contributed by atoms with Crippen LogP contribution < -0.4 is 0 Å². The highest BCUT2D eigenvalue weighted by atomic mass is 16.5. The average molecular weight is 198 g/mol. The molecule has 0 aromatic heterocycles. The lowest BCUT2D eigenvalue weighted by molar-refractivity contribution is 0.00992.